The minimum atomic E-state index is 0.589. The first-order chi connectivity index (χ1) is 5.88. The van der Waals surface area contributed by atoms with Gasteiger partial charge in [-0.3, -0.25) is 4.79 Å². The van der Waals surface area contributed by atoms with Gasteiger partial charge < -0.3 is 5.11 Å². The second-order valence-corrected chi connectivity index (χ2v) is 2.41. The number of hydrogen-bond acceptors (Lipinski definition) is 2. The molecule has 2 heteroatoms. The molecule has 1 N–H and O–H groups in total. The normalized spacial score (nSPS) is 10.3. The van der Waals surface area contributed by atoms with Crippen LogP contribution in [0.15, 0.2) is 36.6 Å². The molecule has 0 bridgehead atoms. The minimum absolute atomic E-state index is 0.589. The molecule has 1 aromatic rings. The van der Waals surface area contributed by atoms with E-state index in [4.69, 9.17) is 5.11 Å². The second-order valence-electron chi connectivity index (χ2n) is 2.41. The lowest BCUT2D eigenvalue weighted by molar-refractivity contribution is 0.112. The molecule has 0 aliphatic rings. The Morgan fingerprint density at radius 2 is 2.08 bits per heavy atom. The molecule has 0 atom stereocenters. The summed E-state index contributed by atoms with van der Waals surface area (Å²) in [6.07, 6.45) is 4.00. The molecular formula is C10H10O2. The van der Waals surface area contributed by atoms with Gasteiger partial charge in [-0.2, -0.15) is 0 Å². The summed E-state index contributed by atoms with van der Waals surface area (Å²) in [5.41, 5.74) is 1.61. The average molecular weight is 162 g/mol. The van der Waals surface area contributed by atoms with E-state index in [-0.39, 0.29) is 0 Å². The minimum Gasteiger partial charge on any atom is -0.516 e. The van der Waals surface area contributed by atoms with Crippen LogP contribution < -0.4 is 0 Å². The smallest absolute Gasteiger partial charge is 0.150 e. The Labute approximate surface area is 71.2 Å². The van der Waals surface area contributed by atoms with Gasteiger partial charge >= 0.3 is 0 Å². The van der Waals surface area contributed by atoms with Gasteiger partial charge in [-0.1, -0.05) is 24.3 Å². The van der Waals surface area contributed by atoms with Crippen LogP contribution in [0.25, 0.3) is 0 Å². The summed E-state index contributed by atoms with van der Waals surface area (Å²) in [5.74, 6) is 0. The molecule has 0 aliphatic carbocycles. The largest absolute Gasteiger partial charge is 0.516 e. The molecule has 0 unspecified atom stereocenters. The van der Waals surface area contributed by atoms with Crippen LogP contribution in [0.5, 0.6) is 0 Å². The van der Waals surface area contributed by atoms with E-state index in [0.29, 0.717) is 12.0 Å². The zero-order valence-electron chi connectivity index (χ0n) is 6.60. The third kappa shape index (κ3) is 1.95. The topological polar surface area (TPSA) is 37.3 Å². The lowest BCUT2D eigenvalue weighted by atomic mass is 10.1. The predicted molar refractivity (Wildman–Crippen MR) is 47.3 cm³/mol. The van der Waals surface area contributed by atoms with Crippen molar-refractivity contribution in [3.63, 3.8) is 0 Å². The SMILES string of the molecule is O=Cc1ccccc1CC=CO. The summed E-state index contributed by atoms with van der Waals surface area (Å²) in [4.78, 5) is 10.5. The number of hydrogen-bond donors (Lipinski definition) is 1. The Morgan fingerprint density at radius 3 is 2.75 bits per heavy atom. The van der Waals surface area contributed by atoms with Gasteiger partial charge in [0.05, 0.1) is 6.26 Å². The number of carbonyl (C=O) groups excluding carboxylic acids is 1. The number of aliphatic hydroxyl groups is 1. The zero-order chi connectivity index (χ0) is 8.81. The fourth-order valence-electron chi connectivity index (χ4n) is 1.01. The highest BCUT2D eigenvalue weighted by Crippen LogP contribution is 2.06. The third-order valence-electron chi connectivity index (χ3n) is 1.63. The van der Waals surface area contributed by atoms with Gasteiger partial charge in [0.1, 0.15) is 6.29 Å². The molecule has 0 aromatic heterocycles. The van der Waals surface area contributed by atoms with Crippen LogP contribution in [0, 0.1) is 0 Å². The summed E-state index contributed by atoms with van der Waals surface area (Å²) in [5, 5.41) is 8.42. The quantitative estimate of drug-likeness (QED) is 0.546. The van der Waals surface area contributed by atoms with Gasteiger partial charge in [0.15, 0.2) is 0 Å². The van der Waals surface area contributed by atoms with E-state index in [1.165, 1.54) is 0 Å². The molecular weight excluding hydrogens is 152 g/mol. The van der Waals surface area contributed by atoms with E-state index < -0.39 is 0 Å². The Hall–Kier alpha value is -1.57. The third-order valence-corrected chi connectivity index (χ3v) is 1.63. The number of benzene rings is 1. The van der Waals surface area contributed by atoms with Crippen LogP contribution in [0.1, 0.15) is 15.9 Å². The summed E-state index contributed by atoms with van der Waals surface area (Å²) >= 11 is 0. The summed E-state index contributed by atoms with van der Waals surface area (Å²) < 4.78 is 0. The van der Waals surface area contributed by atoms with Crippen LogP contribution in [0.4, 0.5) is 0 Å². The standard InChI is InChI=1S/C10H10O2/c11-7-3-6-9-4-1-2-5-10(9)8-12/h1-5,7-8,11H,6H2. The molecule has 0 aliphatic heterocycles. The number of aliphatic hydroxyl groups excluding tert-OH is 1. The van der Waals surface area contributed by atoms with Crippen molar-refractivity contribution in [2.75, 3.05) is 0 Å². The number of rotatable bonds is 3. The van der Waals surface area contributed by atoms with Crippen molar-refractivity contribution in [1.82, 2.24) is 0 Å². The van der Waals surface area contributed by atoms with Gasteiger partial charge in [-0.15, -0.1) is 0 Å². The first-order valence-electron chi connectivity index (χ1n) is 3.71. The number of aldehydes is 1. The molecule has 0 saturated carbocycles. The molecule has 62 valence electrons. The van der Waals surface area contributed by atoms with Gasteiger partial charge in [-0.05, 0) is 18.1 Å². The maximum absolute atomic E-state index is 10.5. The lowest BCUT2D eigenvalue weighted by Crippen LogP contribution is -1.89. The molecule has 0 amide bonds. The van der Waals surface area contributed by atoms with Crippen LogP contribution in [0.2, 0.25) is 0 Å². The van der Waals surface area contributed by atoms with Gasteiger partial charge in [-0.25, -0.2) is 0 Å². The van der Waals surface area contributed by atoms with Crippen molar-refractivity contribution in [2.24, 2.45) is 0 Å². The highest BCUT2D eigenvalue weighted by molar-refractivity contribution is 5.77. The monoisotopic (exact) mass is 162 g/mol. The van der Waals surface area contributed by atoms with Crippen molar-refractivity contribution in [3.05, 3.63) is 47.7 Å². The Kier molecular flexibility index (Phi) is 3.08. The van der Waals surface area contributed by atoms with Crippen molar-refractivity contribution >= 4 is 6.29 Å². The number of carbonyl (C=O) groups is 1. The lowest BCUT2D eigenvalue weighted by Gasteiger charge is -1.98. The van der Waals surface area contributed by atoms with E-state index in [9.17, 15) is 4.79 Å². The fourth-order valence-corrected chi connectivity index (χ4v) is 1.01. The highest BCUT2D eigenvalue weighted by Gasteiger charge is 1.96. The van der Waals surface area contributed by atoms with E-state index >= 15 is 0 Å². The van der Waals surface area contributed by atoms with Crippen molar-refractivity contribution < 1.29 is 9.90 Å². The predicted octanol–water partition coefficient (Wildman–Crippen LogP) is 2.11. The molecule has 0 radical (unpaired) electrons. The van der Waals surface area contributed by atoms with Crippen molar-refractivity contribution in [2.45, 2.75) is 6.42 Å². The Morgan fingerprint density at radius 1 is 1.33 bits per heavy atom. The summed E-state index contributed by atoms with van der Waals surface area (Å²) in [6, 6.07) is 7.31. The van der Waals surface area contributed by atoms with Gasteiger partial charge in [0, 0.05) is 5.56 Å². The Bertz CT molecular complexity index is 290. The maximum atomic E-state index is 10.5. The van der Waals surface area contributed by atoms with E-state index in [1.807, 2.05) is 18.2 Å². The zero-order valence-corrected chi connectivity index (χ0v) is 6.60. The maximum Gasteiger partial charge on any atom is 0.150 e. The van der Waals surface area contributed by atoms with Crippen LogP contribution in [0.3, 0.4) is 0 Å². The van der Waals surface area contributed by atoms with Crippen LogP contribution >= 0.6 is 0 Å². The number of allylic oxidation sites excluding steroid dienone is 1. The van der Waals surface area contributed by atoms with E-state index in [0.717, 1.165) is 18.1 Å². The first-order valence-corrected chi connectivity index (χ1v) is 3.71. The van der Waals surface area contributed by atoms with Gasteiger partial charge in [0.25, 0.3) is 0 Å². The molecule has 0 spiro atoms. The Balaban J connectivity index is 2.89. The molecule has 12 heavy (non-hydrogen) atoms. The van der Waals surface area contributed by atoms with E-state index in [2.05, 4.69) is 0 Å². The second kappa shape index (κ2) is 4.34. The fraction of sp³-hybridized carbons (Fsp3) is 0.100. The first kappa shape index (κ1) is 8.53. The highest BCUT2D eigenvalue weighted by atomic mass is 16.2. The van der Waals surface area contributed by atoms with Crippen molar-refractivity contribution in [1.29, 1.82) is 0 Å². The molecule has 1 rings (SSSR count). The summed E-state index contributed by atoms with van der Waals surface area (Å²) in [6.45, 7) is 0. The van der Waals surface area contributed by atoms with Gasteiger partial charge in [0.2, 0.25) is 0 Å². The molecule has 0 saturated heterocycles. The molecule has 0 heterocycles. The van der Waals surface area contributed by atoms with Crippen molar-refractivity contribution in [3.8, 4) is 0 Å². The molecule has 1 aromatic carbocycles. The summed E-state index contributed by atoms with van der Waals surface area (Å²) in [7, 11) is 0. The molecule has 0 fully saturated rings. The van der Waals surface area contributed by atoms with Crippen LogP contribution in [-0.4, -0.2) is 11.4 Å². The van der Waals surface area contributed by atoms with E-state index in [1.54, 1.807) is 12.1 Å². The molecule has 2 nitrogen and oxygen atoms in total. The van der Waals surface area contributed by atoms with Crippen LogP contribution in [-0.2, 0) is 6.42 Å². The average Bonchev–Trinajstić information content (AvgIpc) is 2.15.